The second kappa shape index (κ2) is 10.4. The van der Waals surface area contributed by atoms with Gasteiger partial charge in [-0.3, -0.25) is 4.98 Å². The Kier molecular flexibility index (Phi) is 8.52. The molecule has 0 unspecified atom stereocenters. The molecule has 0 fully saturated rings. The molecule has 1 N–H and O–H groups in total. The number of nitrogens with zero attached hydrogens (tertiary/aromatic N) is 1. The van der Waals surface area contributed by atoms with Crippen LogP contribution in [0.4, 0.5) is 0 Å². The van der Waals surface area contributed by atoms with Crippen LogP contribution >= 0.6 is 11.6 Å². The highest BCUT2D eigenvalue weighted by atomic mass is 35.5. The molecular formula is C20H22ClNO2. The lowest BCUT2D eigenvalue weighted by atomic mass is 10.1. The number of halogens is 1. The fourth-order valence-electron chi connectivity index (χ4n) is 1.86. The molecule has 0 atom stereocenters. The van der Waals surface area contributed by atoms with E-state index in [1.165, 1.54) is 23.9 Å². The van der Waals surface area contributed by atoms with Crippen molar-refractivity contribution < 1.29 is 9.90 Å². The molecular weight excluding hydrogens is 322 g/mol. The molecule has 4 heteroatoms. The first-order valence-electron chi connectivity index (χ1n) is 7.65. The smallest absolute Gasteiger partial charge is 0.335 e. The minimum atomic E-state index is -0.945. The lowest BCUT2D eigenvalue weighted by Crippen LogP contribution is -1.97. The summed E-state index contributed by atoms with van der Waals surface area (Å²) in [5, 5.41) is 9.44. The van der Waals surface area contributed by atoms with Crippen LogP contribution < -0.4 is 0 Å². The predicted octanol–water partition coefficient (Wildman–Crippen LogP) is 5.66. The SMILES string of the molecule is C/C=C\CCc1ccc(Cl)cc1.C=C(C)c1cc(C(=O)O)ccn1. The monoisotopic (exact) mass is 343 g/mol. The highest BCUT2D eigenvalue weighted by molar-refractivity contribution is 6.30. The Labute approximate surface area is 148 Å². The van der Waals surface area contributed by atoms with Gasteiger partial charge in [0.15, 0.2) is 0 Å². The van der Waals surface area contributed by atoms with E-state index in [0.717, 1.165) is 23.4 Å². The third-order valence-electron chi connectivity index (χ3n) is 3.19. The number of rotatable bonds is 5. The molecule has 0 bridgehead atoms. The third-order valence-corrected chi connectivity index (χ3v) is 3.44. The van der Waals surface area contributed by atoms with Crippen molar-refractivity contribution in [3.8, 4) is 0 Å². The van der Waals surface area contributed by atoms with E-state index in [-0.39, 0.29) is 5.56 Å². The Hall–Kier alpha value is -2.39. The van der Waals surface area contributed by atoms with Crippen LogP contribution in [0.25, 0.3) is 5.57 Å². The highest BCUT2D eigenvalue weighted by Crippen LogP contribution is 2.11. The molecule has 0 saturated carbocycles. The highest BCUT2D eigenvalue weighted by Gasteiger charge is 2.03. The van der Waals surface area contributed by atoms with Gasteiger partial charge in [0.05, 0.1) is 11.3 Å². The summed E-state index contributed by atoms with van der Waals surface area (Å²) in [6.07, 6.45) is 7.93. The molecule has 0 radical (unpaired) electrons. The number of allylic oxidation sites excluding steroid dienone is 3. The summed E-state index contributed by atoms with van der Waals surface area (Å²) in [5.74, 6) is -0.945. The number of aromatic nitrogens is 1. The number of benzene rings is 1. The number of carboxylic acid groups (broad SMARTS) is 1. The molecule has 0 amide bonds. The van der Waals surface area contributed by atoms with E-state index >= 15 is 0 Å². The molecule has 0 aliphatic heterocycles. The van der Waals surface area contributed by atoms with Crippen LogP contribution in [-0.2, 0) is 6.42 Å². The third kappa shape index (κ3) is 7.25. The largest absolute Gasteiger partial charge is 0.478 e. The molecule has 2 aromatic rings. The fourth-order valence-corrected chi connectivity index (χ4v) is 1.99. The minimum Gasteiger partial charge on any atom is -0.478 e. The quantitative estimate of drug-likeness (QED) is 0.712. The zero-order valence-electron chi connectivity index (χ0n) is 14.0. The number of carboxylic acids is 1. The van der Waals surface area contributed by atoms with Crippen LogP contribution in [0, 0.1) is 0 Å². The van der Waals surface area contributed by atoms with Crippen LogP contribution in [0.1, 0.15) is 41.9 Å². The summed E-state index contributed by atoms with van der Waals surface area (Å²) in [4.78, 5) is 14.5. The summed E-state index contributed by atoms with van der Waals surface area (Å²) in [7, 11) is 0. The second-order valence-electron chi connectivity index (χ2n) is 5.25. The first-order chi connectivity index (χ1) is 11.4. The van der Waals surface area contributed by atoms with Crippen LogP contribution in [0.2, 0.25) is 5.02 Å². The standard InChI is InChI=1S/C11H13Cl.C9H9NO2/c1-2-3-4-5-10-6-8-11(12)9-7-10;1-6(2)8-5-7(9(11)12)3-4-10-8/h2-3,6-9H,4-5H2,1H3;3-5H,1H2,2H3,(H,11,12)/b3-2-;. The first kappa shape index (κ1) is 19.7. The maximum atomic E-state index is 10.5. The molecule has 126 valence electrons. The van der Waals surface area contributed by atoms with E-state index in [4.69, 9.17) is 16.7 Å². The lowest BCUT2D eigenvalue weighted by molar-refractivity contribution is 0.0696. The van der Waals surface area contributed by atoms with E-state index < -0.39 is 5.97 Å². The van der Waals surface area contributed by atoms with Crippen molar-refractivity contribution in [3.05, 3.63) is 83.2 Å². The van der Waals surface area contributed by atoms with Gasteiger partial charge in [0.1, 0.15) is 0 Å². The van der Waals surface area contributed by atoms with E-state index in [0.29, 0.717) is 5.69 Å². The average Bonchev–Trinajstić information content (AvgIpc) is 2.57. The van der Waals surface area contributed by atoms with Crippen LogP contribution in [0.3, 0.4) is 0 Å². The van der Waals surface area contributed by atoms with Crippen LogP contribution in [0.5, 0.6) is 0 Å². The number of hydrogen-bond donors (Lipinski definition) is 1. The van der Waals surface area contributed by atoms with E-state index in [1.54, 1.807) is 6.92 Å². The Morgan fingerprint density at radius 3 is 2.50 bits per heavy atom. The molecule has 1 aromatic heterocycles. The molecule has 0 aliphatic rings. The Balaban J connectivity index is 0.000000240. The van der Waals surface area contributed by atoms with Gasteiger partial charge in [0.2, 0.25) is 0 Å². The normalized spacial score (nSPS) is 10.1. The summed E-state index contributed by atoms with van der Waals surface area (Å²) in [5.41, 5.74) is 2.97. The average molecular weight is 344 g/mol. The van der Waals surface area contributed by atoms with E-state index in [1.807, 2.05) is 19.1 Å². The summed E-state index contributed by atoms with van der Waals surface area (Å²) in [6.45, 7) is 7.50. The van der Waals surface area contributed by atoms with Gasteiger partial charge in [-0.05, 0) is 62.1 Å². The Morgan fingerprint density at radius 1 is 1.29 bits per heavy atom. The van der Waals surface area contributed by atoms with Gasteiger partial charge >= 0.3 is 5.97 Å². The Bertz CT molecular complexity index is 677. The van der Waals surface area contributed by atoms with E-state index in [2.05, 4.69) is 35.8 Å². The summed E-state index contributed by atoms with van der Waals surface area (Å²) in [6, 6.07) is 11.0. The number of hydrogen-bond acceptors (Lipinski definition) is 2. The van der Waals surface area contributed by atoms with Gasteiger partial charge in [-0.1, -0.05) is 42.5 Å². The number of carbonyl (C=O) groups is 1. The van der Waals surface area contributed by atoms with Crippen LogP contribution in [-0.4, -0.2) is 16.1 Å². The van der Waals surface area contributed by atoms with Gasteiger partial charge in [-0.15, -0.1) is 0 Å². The van der Waals surface area contributed by atoms with Crippen molar-refractivity contribution in [1.29, 1.82) is 0 Å². The number of pyridine rings is 1. The molecule has 1 aromatic carbocycles. The van der Waals surface area contributed by atoms with Crippen molar-refractivity contribution in [1.82, 2.24) is 4.98 Å². The molecule has 2 rings (SSSR count). The first-order valence-corrected chi connectivity index (χ1v) is 8.02. The molecule has 0 saturated heterocycles. The summed E-state index contributed by atoms with van der Waals surface area (Å²) >= 11 is 5.76. The predicted molar refractivity (Wildman–Crippen MR) is 100 cm³/mol. The van der Waals surface area contributed by atoms with Crippen molar-refractivity contribution >= 4 is 23.1 Å². The van der Waals surface area contributed by atoms with Gasteiger partial charge in [-0.2, -0.15) is 0 Å². The zero-order valence-corrected chi connectivity index (χ0v) is 14.8. The van der Waals surface area contributed by atoms with Gasteiger partial charge in [0.25, 0.3) is 0 Å². The second-order valence-corrected chi connectivity index (χ2v) is 5.69. The van der Waals surface area contributed by atoms with Crippen LogP contribution in [0.15, 0.2) is 61.3 Å². The minimum absolute atomic E-state index is 0.239. The maximum Gasteiger partial charge on any atom is 0.335 e. The maximum absolute atomic E-state index is 10.5. The molecule has 0 spiro atoms. The van der Waals surface area contributed by atoms with Crippen molar-refractivity contribution in [2.45, 2.75) is 26.7 Å². The van der Waals surface area contributed by atoms with Gasteiger partial charge in [-0.25, -0.2) is 4.79 Å². The zero-order chi connectivity index (χ0) is 17.9. The number of aryl methyl sites for hydroxylation is 1. The van der Waals surface area contributed by atoms with Gasteiger partial charge < -0.3 is 5.11 Å². The van der Waals surface area contributed by atoms with Crippen molar-refractivity contribution in [2.75, 3.05) is 0 Å². The van der Waals surface area contributed by atoms with E-state index in [9.17, 15) is 4.79 Å². The lowest BCUT2D eigenvalue weighted by Gasteiger charge is -1.98. The van der Waals surface area contributed by atoms with Crippen molar-refractivity contribution in [2.24, 2.45) is 0 Å². The summed E-state index contributed by atoms with van der Waals surface area (Å²) < 4.78 is 0. The molecule has 24 heavy (non-hydrogen) atoms. The van der Waals surface area contributed by atoms with Crippen molar-refractivity contribution in [3.63, 3.8) is 0 Å². The molecule has 1 heterocycles. The van der Waals surface area contributed by atoms with Gasteiger partial charge in [0, 0.05) is 11.2 Å². The molecule has 0 aliphatic carbocycles. The number of aromatic carboxylic acids is 1. The fraction of sp³-hybridized carbons (Fsp3) is 0.200. The topological polar surface area (TPSA) is 50.2 Å². The molecule has 3 nitrogen and oxygen atoms in total. The Morgan fingerprint density at radius 2 is 1.96 bits per heavy atom.